The molecule has 3 unspecified atom stereocenters. The van der Waals surface area contributed by atoms with E-state index in [4.69, 9.17) is 0 Å². The van der Waals surface area contributed by atoms with Crippen molar-refractivity contribution in [2.45, 2.75) is 25.2 Å². The Morgan fingerprint density at radius 3 is 2.92 bits per heavy atom. The third-order valence-electron chi connectivity index (χ3n) is 2.51. The molecule has 3 atom stereocenters. The molecule has 1 fully saturated rings. The molecule has 1 N–H and O–H groups in total. The molecular weight excluding hydrogens is 170 g/mol. The molecule has 0 spiro atoms. The number of fused-ring (bicyclic) bond motifs is 1. The zero-order valence-corrected chi connectivity index (χ0v) is 7.52. The standard InChI is InChI=1S/C8H11N3O2/c1-4(12)5-3-10-7-6(9-2)8(13)11(5)7/h3,5-7,9H,1-2H3. The Morgan fingerprint density at radius 2 is 2.38 bits per heavy atom. The predicted octanol–water partition coefficient (Wildman–Crippen LogP) is -1.22. The van der Waals surface area contributed by atoms with Crippen LogP contribution in [-0.2, 0) is 9.59 Å². The molecule has 70 valence electrons. The van der Waals surface area contributed by atoms with Crippen LogP contribution in [0, 0.1) is 0 Å². The van der Waals surface area contributed by atoms with Crippen molar-refractivity contribution in [3.8, 4) is 0 Å². The first-order valence-corrected chi connectivity index (χ1v) is 4.20. The van der Waals surface area contributed by atoms with Crippen LogP contribution in [0.15, 0.2) is 4.99 Å². The van der Waals surface area contributed by atoms with Crippen LogP contribution < -0.4 is 5.32 Å². The summed E-state index contributed by atoms with van der Waals surface area (Å²) in [6, 6.07) is -0.664. The average molecular weight is 181 g/mol. The lowest BCUT2D eigenvalue weighted by Crippen LogP contribution is -2.69. The molecule has 0 aromatic rings. The van der Waals surface area contributed by atoms with E-state index in [1.54, 1.807) is 13.3 Å². The second kappa shape index (κ2) is 2.63. The van der Waals surface area contributed by atoms with Gasteiger partial charge in [-0.2, -0.15) is 0 Å². The van der Waals surface area contributed by atoms with Crippen molar-refractivity contribution in [2.24, 2.45) is 4.99 Å². The van der Waals surface area contributed by atoms with Gasteiger partial charge >= 0.3 is 0 Å². The zero-order valence-electron chi connectivity index (χ0n) is 7.52. The lowest BCUT2D eigenvalue weighted by molar-refractivity contribution is -0.153. The van der Waals surface area contributed by atoms with Crippen LogP contribution in [0.4, 0.5) is 0 Å². The summed E-state index contributed by atoms with van der Waals surface area (Å²) < 4.78 is 0. The smallest absolute Gasteiger partial charge is 0.246 e. The molecule has 0 saturated carbocycles. The van der Waals surface area contributed by atoms with Gasteiger partial charge in [0, 0.05) is 6.21 Å². The molecule has 5 heteroatoms. The molecule has 0 aromatic carbocycles. The highest BCUT2D eigenvalue weighted by atomic mass is 16.2. The van der Waals surface area contributed by atoms with Crippen molar-refractivity contribution >= 4 is 17.9 Å². The fourth-order valence-electron chi connectivity index (χ4n) is 1.77. The van der Waals surface area contributed by atoms with Crippen molar-refractivity contribution in [3.63, 3.8) is 0 Å². The number of hydrogen-bond acceptors (Lipinski definition) is 4. The summed E-state index contributed by atoms with van der Waals surface area (Å²) in [5.41, 5.74) is 0. The third-order valence-corrected chi connectivity index (χ3v) is 2.51. The van der Waals surface area contributed by atoms with Gasteiger partial charge in [-0.1, -0.05) is 0 Å². The lowest BCUT2D eigenvalue weighted by atomic mass is 10.0. The summed E-state index contributed by atoms with van der Waals surface area (Å²) in [6.45, 7) is 1.47. The molecule has 2 aliphatic heterocycles. The SMILES string of the molecule is CNC1C(=O)N2C(C(C)=O)C=NC12. The Bertz CT molecular complexity index is 300. The highest BCUT2D eigenvalue weighted by Crippen LogP contribution is 2.27. The largest absolute Gasteiger partial charge is 0.306 e. The molecule has 0 aliphatic carbocycles. The molecule has 13 heavy (non-hydrogen) atoms. The topological polar surface area (TPSA) is 61.8 Å². The lowest BCUT2D eigenvalue weighted by Gasteiger charge is -2.42. The van der Waals surface area contributed by atoms with Crippen molar-refractivity contribution in [1.82, 2.24) is 10.2 Å². The number of rotatable bonds is 2. The van der Waals surface area contributed by atoms with E-state index in [-0.39, 0.29) is 23.9 Å². The summed E-state index contributed by atoms with van der Waals surface area (Å²) in [6.07, 6.45) is 1.40. The van der Waals surface area contributed by atoms with Crippen LogP contribution in [0.2, 0.25) is 0 Å². The Labute approximate surface area is 75.8 Å². The molecule has 5 nitrogen and oxygen atoms in total. The first-order valence-electron chi connectivity index (χ1n) is 4.20. The summed E-state index contributed by atoms with van der Waals surface area (Å²) >= 11 is 0. The van der Waals surface area contributed by atoms with Gasteiger partial charge in [0.1, 0.15) is 18.2 Å². The highest BCUT2D eigenvalue weighted by Gasteiger charge is 2.53. The summed E-state index contributed by atoms with van der Waals surface area (Å²) in [5.74, 6) is -0.0700. The summed E-state index contributed by atoms with van der Waals surface area (Å²) in [4.78, 5) is 28.1. The number of aliphatic imine (C=N–C) groups is 1. The van der Waals surface area contributed by atoms with Gasteiger partial charge in [0.25, 0.3) is 0 Å². The number of hydrogen-bond donors (Lipinski definition) is 1. The van der Waals surface area contributed by atoms with E-state index in [0.717, 1.165) is 0 Å². The minimum absolute atomic E-state index is 0.0332. The van der Waals surface area contributed by atoms with Gasteiger partial charge in [-0.15, -0.1) is 0 Å². The number of Topliss-reactive ketones (excluding diaryl/α,β-unsaturated/α-hetero) is 1. The minimum Gasteiger partial charge on any atom is -0.306 e. The summed E-state index contributed by atoms with van der Waals surface area (Å²) in [5, 5.41) is 2.87. The zero-order chi connectivity index (χ0) is 9.59. The fourth-order valence-corrected chi connectivity index (χ4v) is 1.77. The molecule has 1 saturated heterocycles. The number of amides is 1. The van der Waals surface area contributed by atoms with Crippen LogP contribution in [0.5, 0.6) is 0 Å². The Kier molecular flexibility index (Phi) is 1.69. The van der Waals surface area contributed by atoms with E-state index < -0.39 is 6.04 Å². The number of likely N-dealkylation sites (N-methyl/N-ethyl adjacent to an activating group) is 1. The van der Waals surface area contributed by atoms with Crippen molar-refractivity contribution in [3.05, 3.63) is 0 Å². The second-order valence-corrected chi connectivity index (χ2v) is 3.28. The van der Waals surface area contributed by atoms with Crippen LogP contribution >= 0.6 is 0 Å². The molecular formula is C8H11N3O2. The number of β-lactam (4-membered cyclic amide) rings is 1. The number of ketones is 1. The van der Waals surface area contributed by atoms with Gasteiger partial charge in [0.2, 0.25) is 5.91 Å². The van der Waals surface area contributed by atoms with Gasteiger partial charge in [0.15, 0.2) is 5.78 Å². The van der Waals surface area contributed by atoms with Crippen LogP contribution in [0.3, 0.4) is 0 Å². The normalized spacial score (nSPS) is 36.0. The van der Waals surface area contributed by atoms with Gasteiger partial charge in [-0.25, -0.2) is 0 Å². The monoisotopic (exact) mass is 181 g/mol. The first kappa shape index (κ1) is 8.37. The van der Waals surface area contributed by atoms with Crippen LogP contribution in [0.1, 0.15) is 6.92 Å². The van der Waals surface area contributed by atoms with E-state index in [0.29, 0.717) is 0 Å². The Hall–Kier alpha value is -1.23. The van der Waals surface area contributed by atoms with E-state index in [9.17, 15) is 9.59 Å². The third kappa shape index (κ3) is 0.935. The fraction of sp³-hybridized carbons (Fsp3) is 0.625. The molecule has 2 aliphatic rings. The number of nitrogens with zero attached hydrogens (tertiary/aromatic N) is 2. The van der Waals surface area contributed by atoms with Crippen LogP contribution in [0.25, 0.3) is 0 Å². The predicted molar refractivity (Wildman–Crippen MR) is 46.4 cm³/mol. The Balaban J connectivity index is 2.16. The van der Waals surface area contributed by atoms with E-state index in [1.807, 2.05) is 0 Å². The average Bonchev–Trinajstić information content (AvgIpc) is 2.45. The molecule has 2 rings (SSSR count). The van der Waals surface area contributed by atoms with E-state index in [1.165, 1.54) is 11.8 Å². The van der Waals surface area contributed by atoms with Gasteiger partial charge in [0.05, 0.1) is 0 Å². The number of carbonyl (C=O) groups excluding carboxylic acids is 2. The summed E-state index contributed by atoms with van der Waals surface area (Å²) in [7, 11) is 1.72. The maximum absolute atomic E-state index is 11.4. The molecule has 1 amide bonds. The second-order valence-electron chi connectivity index (χ2n) is 3.28. The van der Waals surface area contributed by atoms with Crippen molar-refractivity contribution in [2.75, 3.05) is 7.05 Å². The van der Waals surface area contributed by atoms with Crippen LogP contribution in [-0.4, -0.2) is 48.1 Å². The van der Waals surface area contributed by atoms with Gasteiger partial charge < -0.3 is 10.2 Å². The van der Waals surface area contributed by atoms with E-state index in [2.05, 4.69) is 10.3 Å². The van der Waals surface area contributed by atoms with Gasteiger partial charge in [-0.3, -0.25) is 14.6 Å². The maximum atomic E-state index is 11.4. The minimum atomic E-state index is -0.429. The Morgan fingerprint density at radius 1 is 1.69 bits per heavy atom. The quantitative estimate of drug-likeness (QED) is 0.543. The van der Waals surface area contributed by atoms with Gasteiger partial charge in [-0.05, 0) is 14.0 Å². The molecule has 0 bridgehead atoms. The highest BCUT2D eigenvalue weighted by molar-refractivity contribution is 6.06. The maximum Gasteiger partial charge on any atom is 0.246 e. The first-order chi connectivity index (χ1) is 6.16. The molecule has 2 heterocycles. The molecule has 0 radical (unpaired) electrons. The number of carbonyl (C=O) groups is 2. The number of nitrogens with one attached hydrogen (secondary N) is 1. The molecule has 0 aromatic heterocycles. The van der Waals surface area contributed by atoms with Crippen molar-refractivity contribution in [1.29, 1.82) is 0 Å². The van der Waals surface area contributed by atoms with E-state index >= 15 is 0 Å². The van der Waals surface area contributed by atoms with Crippen molar-refractivity contribution < 1.29 is 9.59 Å².